The van der Waals surface area contributed by atoms with Gasteiger partial charge in [-0.15, -0.1) is 0 Å². The van der Waals surface area contributed by atoms with Gasteiger partial charge in [0.2, 0.25) is 0 Å². The van der Waals surface area contributed by atoms with Crippen molar-refractivity contribution in [2.45, 2.75) is 19.3 Å². The van der Waals surface area contributed by atoms with Gasteiger partial charge in [-0.1, -0.05) is 72.8 Å². The van der Waals surface area contributed by atoms with Crippen LogP contribution in [0.1, 0.15) is 18.4 Å². The first kappa shape index (κ1) is 17.9. The molecule has 0 radical (unpaired) electrons. The predicted molar refractivity (Wildman–Crippen MR) is 120 cm³/mol. The molecule has 0 aliphatic carbocycles. The van der Waals surface area contributed by atoms with Crippen LogP contribution >= 0.6 is 0 Å². The van der Waals surface area contributed by atoms with Gasteiger partial charge < -0.3 is 4.90 Å². The second-order valence-corrected chi connectivity index (χ2v) is 7.87. The van der Waals surface area contributed by atoms with Gasteiger partial charge in [0, 0.05) is 24.0 Å². The van der Waals surface area contributed by atoms with Crippen molar-refractivity contribution in [1.82, 2.24) is 9.97 Å². The highest BCUT2D eigenvalue weighted by molar-refractivity contribution is 5.91. The zero-order valence-electron chi connectivity index (χ0n) is 16.5. The Hall–Kier alpha value is -3.20. The number of para-hydroxylation sites is 1. The molecule has 0 N–H and O–H groups in total. The smallest absolute Gasteiger partial charge is 0.162 e. The highest BCUT2D eigenvalue weighted by Gasteiger charge is 2.22. The van der Waals surface area contributed by atoms with E-state index in [9.17, 15) is 0 Å². The number of benzene rings is 3. The molecule has 2 heterocycles. The maximum absolute atomic E-state index is 5.02. The fraction of sp³-hybridized carbons (Fsp3) is 0.231. The summed E-state index contributed by atoms with van der Waals surface area (Å²) >= 11 is 0. The molecule has 0 unspecified atom stereocenters. The highest BCUT2D eigenvalue weighted by atomic mass is 15.2. The van der Waals surface area contributed by atoms with Crippen molar-refractivity contribution in [2.75, 3.05) is 18.0 Å². The zero-order chi connectivity index (χ0) is 19.5. The number of nitrogens with zero attached hydrogens (tertiary/aromatic N) is 3. The molecule has 0 bridgehead atoms. The standard InChI is InChI=1S/C26H25N3/c1-3-9-20(10-4-1)19-21-15-17-29(18-16-21)26-23-13-7-8-14-24(23)27-25(28-26)22-11-5-2-6-12-22/h1-14,21H,15-19H2. The number of anilines is 1. The van der Waals surface area contributed by atoms with Crippen LogP contribution in [0.2, 0.25) is 0 Å². The van der Waals surface area contributed by atoms with Crippen LogP contribution in [0.3, 0.4) is 0 Å². The first-order valence-electron chi connectivity index (χ1n) is 10.5. The Labute approximate surface area is 172 Å². The van der Waals surface area contributed by atoms with Crippen molar-refractivity contribution in [2.24, 2.45) is 5.92 Å². The lowest BCUT2D eigenvalue weighted by Gasteiger charge is -2.33. The Kier molecular flexibility index (Phi) is 4.95. The van der Waals surface area contributed by atoms with Crippen molar-refractivity contribution in [3.63, 3.8) is 0 Å². The second-order valence-electron chi connectivity index (χ2n) is 7.87. The van der Waals surface area contributed by atoms with Crippen LogP contribution in [0.15, 0.2) is 84.9 Å². The van der Waals surface area contributed by atoms with Gasteiger partial charge >= 0.3 is 0 Å². The minimum absolute atomic E-state index is 0.746. The number of hydrogen-bond donors (Lipinski definition) is 0. The average Bonchev–Trinajstić information content (AvgIpc) is 2.80. The van der Waals surface area contributed by atoms with E-state index in [1.807, 2.05) is 18.2 Å². The molecule has 5 rings (SSSR count). The fourth-order valence-corrected chi connectivity index (χ4v) is 4.31. The molecule has 1 fully saturated rings. The molecule has 144 valence electrons. The van der Waals surface area contributed by atoms with E-state index in [-0.39, 0.29) is 0 Å². The highest BCUT2D eigenvalue weighted by Crippen LogP contribution is 2.31. The normalized spacial score (nSPS) is 15.0. The summed E-state index contributed by atoms with van der Waals surface area (Å²) in [7, 11) is 0. The lowest BCUT2D eigenvalue weighted by Crippen LogP contribution is -2.35. The summed E-state index contributed by atoms with van der Waals surface area (Å²) in [6.45, 7) is 2.10. The maximum atomic E-state index is 5.02. The quantitative estimate of drug-likeness (QED) is 0.452. The zero-order valence-corrected chi connectivity index (χ0v) is 16.5. The van der Waals surface area contributed by atoms with E-state index >= 15 is 0 Å². The molecular weight excluding hydrogens is 354 g/mol. The van der Waals surface area contributed by atoms with Crippen LogP contribution in [-0.2, 0) is 6.42 Å². The molecule has 3 heteroatoms. The van der Waals surface area contributed by atoms with E-state index in [1.54, 1.807) is 0 Å². The second kappa shape index (κ2) is 8.04. The third-order valence-corrected chi connectivity index (χ3v) is 5.90. The van der Waals surface area contributed by atoms with E-state index in [0.29, 0.717) is 0 Å². The number of fused-ring (bicyclic) bond motifs is 1. The molecule has 3 aromatic carbocycles. The summed E-state index contributed by atoms with van der Waals surface area (Å²) in [5.41, 5.74) is 3.53. The van der Waals surface area contributed by atoms with Crippen molar-refractivity contribution < 1.29 is 0 Å². The van der Waals surface area contributed by atoms with Crippen molar-refractivity contribution >= 4 is 16.7 Å². The third kappa shape index (κ3) is 3.86. The summed E-state index contributed by atoms with van der Waals surface area (Å²) in [5, 5.41) is 1.15. The first-order chi connectivity index (χ1) is 14.4. The molecule has 1 aliphatic heterocycles. The summed E-state index contributed by atoms with van der Waals surface area (Å²) in [5.74, 6) is 2.63. The van der Waals surface area contributed by atoms with Crippen LogP contribution in [0.4, 0.5) is 5.82 Å². The number of piperidine rings is 1. The molecule has 0 saturated carbocycles. The Morgan fingerprint density at radius 3 is 2.14 bits per heavy atom. The molecule has 1 aliphatic rings. The number of aromatic nitrogens is 2. The summed E-state index contributed by atoms with van der Waals surface area (Å²) in [6.07, 6.45) is 3.58. The van der Waals surface area contributed by atoms with Gasteiger partial charge in [0.05, 0.1) is 5.52 Å². The number of rotatable bonds is 4. The average molecular weight is 380 g/mol. The molecule has 3 nitrogen and oxygen atoms in total. The largest absolute Gasteiger partial charge is 0.356 e. The lowest BCUT2D eigenvalue weighted by molar-refractivity contribution is 0.403. The third-order valence-electron chi connectivity index (χ3n) is 5.90. The van der Waals surface area contributed by atoms with Gasteiger partial charge in [0.15, 0.2) is 5.82 Å². The Bertz CT molecular complexity index is 1080. The van der Waals surface area contributed by atoms with Crippen LogP contribution in [0.5, 0.6) is 0 Å². The fourth-order valence-electron chi connectivity index (χ4n) is 4.31. The summed E-state index contributed by atoms with van der Waals surface area (Å²) in [6, 6.07) is 29.5. The van der Waals surface area contributed by atoms with E-state index < -0.39 is 0 Å². The summed E-state index contributed by atoms with van der Waals surface area (Å²) in [4.78, 5) is 12.3. The lowest BCUT2D eigenvalue weighted by atomic mass is 9.90. The van der Waals surface area contributed by atoms with Crippen LogP contribution in [0, 0.1) is 5.92 Å². The molecule has 4 aromatic rings. The maximum Gasteiger partial charge on any atom is 0.162 e. The van der Waals surface area contributed by atoms with Crippen LogP contribution in [0.25, 0.3) is 22.3 Å². The van der Waals surface area contributed by atoms with Gasteiger partial charge in [0.25, 0.3) is 0 Å². The van der Waals surface area contributed by atoms with Crippen molar-refractivity contribution in [3.8, 4) is 11.4 Å². The molecule has 29 heavy (non-hydrogen) atoms. The topological polar surface area (TPSA) is 29.0 Å². The number of hydrogen-bond acceptors (Lipinski definition) is 3. The summed E-state index contributed by atoms with van der Waals surface area (Å²) < 4.78 is 0. The van der Waals surface area contributed by atoms with E-state index in [0.717, 1.165) is 47.1 Å². The monoisotopic (exact) mass is 379 g/mol. The Balaban J connectivity index is 1.41. The van der Waals surface area contributed by atoms with Gasteiger partial charge in [0.1, 0.15) is 5.82 Å². The van der Waals surface area contributed by atoms with Crippen molar-refractivity contribution in [1.29, 1.82) is 0 Å². The van der Waals surface area contributed by atoms with E-state index in [1.165, 1.54) is 24.8 Å². The van der Waals surface area contributed by atoms with Crippen LogP contribution < -0.4 is 4.90 Å². The van der Waals surface area contributed by atoms with Gasteiger partial charge in [-0.05, 0) is 42.9 Å². The van der Waals surface area contributed by atoms with Gasteiger partial charge in [-0.2, -0.15) is 0 Å². The molecule has 0 amide bonds. The van der Waals surface area contributed by atoms with Gasteiger partial charge in [-0.3, -0.25) is 0 Å². The van der Waals surface area contributed by atoms with E-state index in [4.69, 9.17) is 9.97 Å². The SMILES string of the molecule is c1ccc(CC2CCN(c3nc(-c4ccccc4)nc4ccccc34)CC2)cc1. The van der Waals surface area contributed by atoms with E-state index in [2.05, 4.69) is 71.6 Å². The minimum Gasteiger partial charge on any atom is -0.356 e. The molecular formula is C26H25N3. The Morgan fingerprint density at radius 2 is 1.38 bits per heavy atom. The predicted octanol–water partition coefficient (Wildman–Crippen LogP) is 5.76. The molecule has 1 saturated heterocycles. The van der Waals surface area contributed by atoms with Gasteiger partial charge in [-0.25, -0.2) is 9.97 Å². The first-order valence-corrected chi connectivity index (χ1v) is 10.5. The Morgan fingerprint density at radius 1 is 0.724 bits per heavy atom. The minimum atomic E-state index is 0.746. The van der Waals surface area contributed by atoms with Crippen molar-refractivity contribution in [3.05, 3.63) is 90.5 Å². The molecule has 0 atom stereocenters. The molecule has 0 spiro atoms. The van der Waals surface area contributed by atoms with Crippen LogP contribution in [-0.4, -0.2) is 23.1 Å². The molecule has 1 aromatic heterocycles.